The van der Waals surface area contributed by atoms with Crippen LogP contribution in [0.5, 0.6) is 0 Å². The molecule has 0 spiro atoms. The molecule has 0 unspecified atom stereocenters. The molecule has 2 aromatic carbocycles. The molecule has 0 radical (unpaired) electrons. The fourth-order valence-electron chi connectivity index (χ4n) is 3.45. The zero-order valence-corrected chi connectivity index (χ0v) is 18.3. The number of nitrogens with zero attached hydrogens (tertiary/aromatic N) is 1. The van der Waals surface area contributed by atoms with Crippen LogP contribution < -0.4 is 0 Å². The Labute approximate surface area is 189 Å². The van der Waals surface area contributed by atoms with E-state index in [9.17, 15) is 31.2 Å². The highest BCUT2D eigenvalue weighted by Gasteiger charge is 2.40. The van der Waals surface area contributed by atoms with E-state index < -0.39 is 44.5 Å². The van der Waals surface area contributed by atoms with E-state index in [1.165, 1.54) is 6.07 Å². The predicted octanol–water partition coefficient (Wildman–Crippen LogP) is 3.51. The highest BCUT2D eigenvalue weighted by Crippen LogP contribution is 2.36. The monoisotopic (exact) mass is 485 g/mol. The lowest BCUT2D eigenvalue weighted by Crippen LogP contribution is -2.41. The zero-order valence-electron chi connectivity index (χ0n) is 17.5. The third-order valence-electron chi connectivity index (χ3n) is 5.17. The maximum Gasteiger partial charge on any atom is 0.417 e. The number of ether oxygens (including phenoxy) is 2. The Morgan fingerprint density at radius 2 is 1.48 bits per heavy atom. The number of piperidine rings is 1. The van der Waals surface area contributed by atoms with Crippen molar-refractivity contribution in [3.63, 3.8) is 0 Å². The minimum atomic E-state index is -4.81. The van der Waals surface area contributed by atoms with Gasteiger partial charge in [0.1, 0.15) is 13.2 Å². The van der Waals surface area contributed by atoms with Gasteiger partial charge in [0.2, 0.25) is 10.0 Å². The van der Waals surface area contributed by atoms with Crippen molar-refractivity contribution in [1.29, 1.82) is 0 Å². The summed E-state index contributed by atoms with van der Waals surface area (Å²) < 4.78 is 76.3. The van der Waals surface area contributed by atoms with Crippen LogP contribution in [-0.4, -0.2) is 51.0 Å². The number of halogens is 3. The molecule has 11 heteroatoms. The van der Waals surface area contributed by atoms with Gasteiger partial charge in [0.05, 0.1) is 21.9 Å². The Hall–Kier alpha value is -2.92. The standard InChI is InChI=1S/C22H22F3NO6S/c23-22(24,25)18-8-4-5-9-19(18)33(29,30)26-12-10-17(11-13-26)21(28)32-15-14-31-20(27)16-6-2-1-3-7-16/h1-9,17H,10-15H2. The van der Waals surface area contributed by atoms with Crippen LogP contribution in [0.3, 0.4) is 0 Å². The number of benzene rings is 2. The number of carbonyl (C=O) groups excluding carboxylic acids is 2. The Bertz CT molecular complexity index is 1080. The van der Waals surface area contributed by atoms with Crippen LogP contribution >= 0.6 is 0 Å². The average molecular weight is 485 g/mol. The SMILES string of the molecule is O=C(OCCOC(=O)C1CCN(S(=O)(=O)c2ccccc2C(F)(F)F)CC1)c1ccccc1. The molecule has 0 amide bonds. The van der Waals surface area contributed by atoms with Crippen molar-refractivity contribution >= 4 is 22.0 Å². The van der Waals surface area contributed by atoms with Crippen molar-refractivity contribution in [2.75, 3.05) is 26.3 Å². The van der Waals surface area contributed by atoms with Crippen molar-refractivity contribution in [2.45, 2.75) is 23.9 Å². The van der Waals surface area contributed by atoms with Gasteiger partial charge in [-0.2, -0.15) is 17.5 Å². The van der Waals surface area contributed by atoms with Gasteiger partial charge < -0.3 is 9.47 Å². The molecule has 0 atom stereocenters. The summed E-state index contributed by atoms with van der Waals surface area (Å²) in [5, 5.41) is 0. The number of rotatable bonds is 7. The van der Waals surface area contributed by atoms with Crippen LogP contribution in [0.2, 0.25) is 0 Å². The molecule has 0 N–H and O–H groups in total. The number of esters is 2. The van der Waals surface area contributed by atoms with Crippen molar-refractivity contribution in [3.05, 3.63) is 65.7 Å². The number of alkyl halides is 3. The summed E-state index contributed by atoms with van der Waals surface area (Å²) in [6, 6.07) is 12.3. The van der Waals surface area contributed by atoms with E-state index in [-0.39, 0.29) is 39.1 Å². The fraction of sp³-hybridized carbons (Fsp3) is 0.364. The van der Waals surface area contributed by atoms with Gasteiger partial charge in [-0.05, 0) is 37.1 Å². The molecule has 178 valence electrons. The molecule has 7 nitrogen and oxygen atoms in total. The van der Waals surface area contributed by atoms with Gasteiger partial charge in [-0.1, -0.05) is 30.3 Å². The molecule has 33 heavy (non-hydrogen) atoms. The fourth-order valence-corrected chi connectivity index (χ4v) is 5.13. The highest BCUT2D eigenvalue weighted by molar-refractivity contribution is 7.89. The highest BCUT2D eigenvalue weighted by atomic mass is 32.2. The average Bonchev–Trinajstić information content (AvgIpc) is 2.81. The van der Waals surface area contributed by atoms with Gasteiger partial charge in [-0.15, -0.1) is 0 Å². The van der Waals surface area contributed by atoms with Crippen LogP contribution in [0.1, 0.15) is 28.8 Å². The minimum Gasteiger partial charge on any atom is -0.462 e. The van der Waals surface area contributed by atoms with Gasteiger partial charge in [-0.25, -0.2) is 13.2 Å². The predicted molar refractivity (Wildman–Crippen MR) is 111 cm³/mol. The first-order chi connectivity index (χ1) is 15.6. The van der Waals surface area contributed by atoms with Crippen LogP contribution in [-0.2, 0) is 30.5 Å². The third kappa shape index (κ3) is 6.11. The van der Waals surface area contributed by atoms with E-state index in [1.807, 2.05) is 0 Å². The van der Waals surface area contributed by atoms with Gasteiger partial charge in [0.25, 0.3) is 0 Å². The summed E-state index contributed by atoms with van der Waals surface area (Å²) in [5.41, 5.74) is -0.860. The Balaban J connectivity index is 1.49. The van der Waals surface area contributed by atoms with Crippen LogP contribution in [0, 0.1) is 5.92 Å². The van der Waals surface area contributed by atoms with Gasteiger partial charge in [-0.3, -0.25) is 4.79 Å². The van der Waals surface area contributed by atoms with Gasteiger partial charge in [0, 0.05) is 13.1 Å². The Morgan fingerprint density at radius 1 is 0.909 bits per heavy atom. The molecule has 1 heterocycles. The van der Waals surface area contributed by atoms with Crippen molar-refractivity contribution in [3.8, 4) is 0 Å². The molecule has 0 saturated carbocycles. The molecule has 0 bridgehead atoms. The minimum absolute atomic E-state index is 0.107. The summed E-state index contributed by atoms with van der Waals surface area (Å²) in [6.45, 7) is -0.523. The second kappa shape index (κ2) is 10.3. The quantitative estimate of drug-likeness (QED) is 0.441. The maximum atomic E-state index is 13.2. The second-order valence-electron chi connectivity index (χ2n) is 7.34. The third-order valence-corrected chi connectivity index (χ3v) is 7.12. The van der Waals surface area contributed by atoms with Gasteiger partial charge >= 0.3 is 18.1 Å². The van der Waals surface area contributed by atoms with Crippen molar-refractivity contribution in [2.24, 2.45) is 5.92 Å². The van der Waals surface area contributed by atoms with E-state index in [0.717, 1.165) is 22.5 Å². The molecule has 1 aliphatic heterocycles. The largest absolute Gasteiger partial charge is 0.462 e. The molecule has 3 rings (SSSR count). The Morgan fingerprint density at radius 3 is 2.12 bits per heavy atom. The lowest BCUT2D eigenvalue weighted by Gasteiger charge is -2.30. The van der Waals surface area contributed by atoms with Crippen LogP contribution in [0.15, 0.2) is 59.5 Å². The lowest BCUT2D eigenvalue weighted by molar-refractivity contribution is -0.150. The normalized spacial score (nSPS) is 15.7. The van der Waals surface area contributed by atoms with E-state index >= 15 is 0 Å². The van der Waals surface area contributed by atoms with E-state index in [0.29, 0.717) is 5.56 Å². The first-order valence-electron chi connectivity index (χ1n) is 10.2. The first-order valence-corrected chi connectivity index (χ1v) is 11.6. The van der Waals surface area contributed by atoms with Crippen molar-refractivity contribution in [1.82, 2.24) is 4.31 Å². The summed E-state index contributed by atoms with van der Waals surface area (Å²) in [4.78, 5) is 23.3. The summed E-state index contributed by atoms with van der Waals surface area (Å²) in [5.74, 6) is -1.72. The van der Waals surface area contributed by atoms with Gasteiger partial charge in [0.15, 0.2) is 0 Å². The maximum absolute atomic E-state index is 13.2. The van der Waals surface area contributed by atoms with Crippen LogP contribution in [0.4, 0.5) is 13.2 Å². The lowest BCUT2D eigenvalue weighted by atomic mass is 9.98. The molecule has 0 aromatic heterocycles. The number of hydrogen-bond donors (Lipinski definition) is 0. The number of sulfonamides is 1. The van der Waals surface area contributed by atoms with Crippen molar-refractivity contribution < 1.29 is 40.7 Å². The van der Waals surface area contributed by atoms with Crippen LogP contribution in [0.25, 0.3) is 0 Å². The molecule has 2 aromatic rings. The number of hydrogen-bond acceptors (Lipinski definition) is 6. The Kier molecular flexibility index (Phi) is 7.75. The molecular formula is C22H22F3NO6S. The summed E-state index contributed by atoms with van der Waals surface area (Å²) in [7, 11) is -4.38. The smallest absolute Gasteiger partial charge is 0.417 e. The first kappa shape index (κ1) is 24.7. The second-order valence-corrected chi connectivity index (χ2v) is 9.25. The molecule has 1 aliphatic rings. The summed E-state index contributed by atoms with van der Waals surface area (Å²) in [6.07, 6.45) is -4.60. The summed E-state index contributed by atoms with van der Waals surface area (Å²) >= 11 is 0. The molecule has 1 fully saturated rings. The number of carbonyl (C=O) groups is 2. The topological polar surface area (TPSA) is 90.0 Å². The molecular weight excluding hydrogens is 463 g/mol. The molecule has 0 aliphatic carbocycles. The van der Waals surface area contributed by atoms with E-state index in [4.69, 9.17) is 9.47 Å². The van der Waals surface area contributed by atoms with E-state index in [2.05, 4.69) is 0 Å². The van der Waals surface area contributed by atoms with E-state index in [1.54, 1.807) is 30.3 Å². The zero-order chi connectivity index (χ0) is 24.1. The molecule has 1 saturated heterocycles.